The first-order valence-corrected chi connectivity index (χ1v) is 10.6. The number of nitrogens with zero attached hydrogens (tertiary/aromatic N) is 2. The van der Waals surface area contributed by atoms with Crippen LogP contribution in [0.3, 0.4) is 0 Å². The number of rotatable bonds is 7. The highest BCUT2D eigenvalue weighted by Gasteiger charge is 2.23. The van der Waals surface area contributed by atoms with E-state index in [4.69, 9.17) is 4.74 Å². The van der Waals surface area contributed by atoms with Gasteiger partial charge in [-0.2, -0.15) is 5.26 Å². The smallest absolute Gasteiger partial charge is 0.120 e. The molecule has 0 aliphatic carbocycles. The Morgan fingerprint density at radius 3 is 2.67 bits per heavy atom. The largest absolute Gasteiger partial charge is 0.494 e. The van der Waals surface area contributed by atoms with E-state index in [0.29, 0.717) is 24.5 Å². The number of aromatic amines is 1. The number of carbonyl (C=O) groups excluding carboxylic acids is 1. The number of carbonyl (C=O) groups is 1. The summed E-state index contributed by atoms with van der Waals surface area (Å²) in [5, 5.41) is 10.4. The summed E-state index contributed by atoms with van der Waals surface area (Å²) < 4.78 is 5.69. The first-order valence-electron chi connectivity index (χ1n) is 10.6. The van der Waals surface area contributed by atoms with Crippen molar-refractivity contribution in [1.82, 2.24) is 4.98 Å². The summed E-state index contributed by atoms with van der Waals surface area (Å²) in [6.07, 6.45) is 6.24. The van der Waals surface area contributed by atoms with Crippen molar-refractivity contribution in [2.45, 2.75) is 38.5 Å². The van der Waals surface area contributed by atoms with Crippen molar-refractivity contribution in [3.8, 4) is 11.8 Å². The van der Waals surface area contributed by atoms with Crippen molar-refractivity contribution in [2.75, 3.05) is 24.6 Å². The van der Waals surface area contributed by atoms with Gasteiger partial charge in [0.2, 0.25) is 0 Å². The molecule has 0 bridgehead atoms. The van der Waals surface area contributed by atoms with E-state index in [1.54, 1.807) is 0 Å². The molecule has 154 valence electrons. The van der Waals surface area contributed by atoms with Crippen LogP contribution in [-0.2, 0) is 4.79 Å². The Labute approximate surface area is 177 Å². The first-order chi connectivity index (χ1) is 14.7. The van der Waals surface area contributed by atoms with E-state index in [9.17, 15) is 10.1 Å². The Balaban J connectivity index is 1.40. The summed E-state index contributed by atoms with van der Waals surface area (Å²) in [6.45, 7) is 4.62. The number of anilines is 1. The van der Waals surface area contributed by atoms with Crippen LogP contribution in [0.4, 0.5) is 5.69 Å². The number of nitrogens with one attached hydrogen (secondary N) is 1. The molecule has 1 fully saturated rings. The molecular formula is C25H27N3O2. The fraction of sp³-hybridized carbons (Fsp3) is 0.360. The lowest BCUT2D eigenvalue weighted by molar-refractivity contribution is -0.108. The molecule has 3 aromatic rings. The number of fused-ring (bicyclic) bond motifs is 1. The van der Waals surface area contributed by atoms with E-state index >= 15 is 0 Å². The number of aldehydes is 1. The molecule has 1 aliphatic rings. The number of piperidine rings is 1. The minimum absolute atomic E-state index is 0.546. The van der Waals surface area contributed by atoms with Gasteiger partial charge in [-0.3, -0.25) is 0 Å². The van der Waals surface area contributed by atoms with Crippen LogP contribution in [0.1, 0.15) is 48.3 Å². The number of hydrogen-bond donors (Lipinski definition) is 1. The van der Waals surface area contributed by atoms with Gasteiger partial charge >= 0.3 is 0 Å². The molecule has 5 nitrogen and oxygen atoms in total. The number of aromatic nitrogens is 1. The van der Waals surface area contributed by atoms with E-state index in [1.807, 2.05) is 18.3 Å². The lowest BCUT2D eigenvalue weighted by Crippen LogP contribution is -2.33. The molecule has 0 spiro atoms. The lowest BCUT2D eigenvalue weighted by atomic mass is 9.89. The molecule has 1 saturated heterocycles. The Kier molecular flexibility index (Phi) is 6.04. The second-order valence-electron chi connectivity index (χ2n) is 7.95. The Bertz CT molecular complexity index is 1050. The summed E-state index contributed by atoms with van der Waals surface area (Å²) in [6, 6.07) is 15.0. The van der Waals surface area contributed by atoms with Crippen molar-refractivity contribution in [3.05, 3.63) is 59.3 Å². The molecule has 1 N–H and O–H groups in total. The lowest BCUT2D eigenvalue weighted by Gasteiger charge is -2.34. The number of H-pyrrole nitrogens is 1. The molecule has 4 rings (SSSR count). The fourth-order valence-electron chi connectivity index (χ4n) is 4.40. The summed E-state index contributed by atoms with van der Waals surface area (Å²) in [5.41, 5.74) is 5.47. The van der Waals surface area contributed by atoms with E-state index in [0.717, 1.165) is 60.9 Å². The normalized spacial score (nSPS) is 14.6. The molecule has 0 saturated carbocycles. The van der Waals surface area contributed by atoms with E-state index in [1.165, 1.54) is 11.3 Å². The van der Waals surface area contributed by atoms with E-state index in [2.05, 4.69) is 47.1 Å². The van der Waals surface area contributed by atoms with Crippen molar-refractivity contribution in [1.29, 1.82) is 5.26 Å². The van der Waals surface area contributed by atoms with Crippen LogP contribution in [0.5, 0.6) is 5.75 Å². The van der Waals surface area contributed by atoms with E-state index < -0.39 is 0 Å². The second-order valence-corrected chi connectivity index (χ2v) is 7.95. The zero-order chi connectivity index (χ0) is 20.9. The minimum atomic E-state index is 0.546. The molecule has 2 heterocycles. The van der Waals surface area contributed by atoms with E-state index in [-0.39, 0.29) is 0 Å². The SMILES string of the molecule is Cc1ccc(N2CCC(c3ccc(OCCCC=O)cc3)CC2)c2[nH]cc(C#N)c12. The van der Waals surface area contributed by atoms with Crippen LogP contribution < -0.4 is 9.64 Å². The summed E-state index contributed by atoms with van der Waals surface area (Å²) in [5.74, 6) is 1.41. The van der Waals surface area contributed by atoms with Crippen LogP contribution in [0.15, 0.2) is 42.6 Å². The standard InChI is InChI=1S/C25H27N3O2/c1-18-4-9-23(25-24(18)21(16-26)17-27-25)28-12-10-20(11-13-28)19-5-7-22(8-6-19)30-15-3-2-14-29/h4-9,14,17,20,27H,2-3,10-13,15H2,1H3. The third-order valence-electron chi connectivity index (χ3n) is 6.06. The summed E-state index contributed by atoms with van der Waals surface area (Å²) in [4.78, 5) is 16.1. The Morgan fingerprint density at radius 2 is 1.97 bits per heavy atom. The maximum absolute atomic E-state index is 10.4. The Morgan fingerprint density at radius 1 is 1.20 bits per heavy atom. The highest BCUT2D eigenvalue weighted by molar-refractivity contribution is 5.97. The first kappa shape index (κ1) is 20.0. The zero-order valence-electron chi connectivity index (χ0n) is 17.4. The highest BCUT2D eigenvalue weighted by atomic mass is 16.5. The molecule has 5 heteroatoms. The van der Waals surface area contributed by atoms with Gasteiger partial charge < -0.3 is 19.4 Å². The molecule has 2 aromatic carbocycles. The molecule has 0 radical (unpaired) electrons. The molecule has 30 heavy (non-hydrogen) atoms. The van der Waals surface area contributed by atoms with Gasteiger partial charge in [0.25, 0.3) is 0 Å². The topological polar surface area (TPSA) is 69.1 Å². The molecule has 0 atom stereocenters. The monoisotopic (exact) mass is 401 g/mol. The predicted octanol–water partition coefficient (Wildman–Crippen LogP) is 5.09. The van der Waals surface area contributed by atoms with Crippen molar-refractivity contribution < 1.29 is 9.53 Å². The van der Waals surface area contributed by atoms with Gasteiger partial charge in [0, 0.05) is 31.1 Å². The predicted molar refractivity (Wildman–Crippen MR) is 119 cm³/mol. The minimum Gasteiger partial charge on any atom is -0.494 e. The van der Waals surface area contributed by atoms with Gasteiger partial charge in [0.15, 0.2) is 0 Å². The van der Waals surface area contributed by atoms with Crippen LogP contribution in [0.2, 0.25) is 0 Å². The van der Waals surface area contributed by atoms with Gasteiger partial charge in [-0.05, 0) is 61.4 Å². The molecule has 1 aliphatic heterocycles. The van der Waals surface area contributed by atoms with Crippen LogP contribution in [0.25, 0.3) is 10.9 Å². The van der Waals surface area contributed by atoms with Crippen LogP contribution >= 0.6 is 0 Å². The number of nitriles is 1. The number of aryl methyl sites for hydroxylation is 1. The van der Waals surface area contributed by atoms with Crippen molar-refractivity contribution in [3.63, 3.8) is 0 Å². The van der Waals surface area contributed by atoms with Gasteiger partial charge in [0.05, 0.1) is 23.4 Å². The Hall–Kier alpha value is -3.26. The van der Waals surface area contributed by atoms with Gasteiger partial charge in [-0.1, -0.05) is 18.2 Å². The van der Waals surface area contributed by atoms with Crippen LogP contribution in [-0.4, -0.2) is 31.0 Å². The number of unbranched alkanes of at least 4 members (excludes halogenated alkanes) is 1. The number of ether oxygens (including phenoxy) is 1. The quantitative estimate of drug-likeness (QED) is 0.442. The average Bonchev–Trinajstić information content (AvgIpc) is 3.23. The van der Waals surface area contributed by atoms with Gasteiger partial charge in [-0.15, -0.1) is 0 Å². The fourth-order valence-corrected chi connectivity index (χ4v) is 4.40. The van der Waals surface area contributed by atoms with Gasteiger partial charge in [-0.25, -0.2) is 0 Å². The highest BCUT2D eigenvalue weighted by Crippen LogP contribution is 2.35. The number of hydrogen-bond acceptors (Lipinski definition) is 4. The average molecular weight is 402 g/mol. The van der Waals surface area contributed by atoms with Gasteiger partial charge in [0.1, 0.15) is 18.1 Å². The molecular weight excluding hydrogens is 374 g/mol. The third kappa shape index (κ3) is 4.04. The number of benzene rings is 2. The summed E-state index contributed by atoms with van der Waals surface area (Å²) >= 11 is 0. The third-order valence-corrected chi connectivity index (χ3v) is 6.06. The summed E-state index contributed by atoms with van der Waals surface area (Å²) in [7, 11) is 0. The molecule has 0 unspecified atom stereocenters. The molecule has 0 amide bonds. The maximum Gasteiger partial charge on any atom is 0.120 e. The maximum atomic E-state index is 10.4. The van der Waals surface area contributed by atoms with Crippen LogP contribution in [0, 0.1) is 18.3 Å². The zero-order valence-corrected chi connectivity index (χ0v) is 17.4. The van der Waals surface area contributed by atoms with Crippen molar-refractivity contribution in [2.24, 2.45) is 0 Å². The second kappa shape index (κ2) is 9.04. The van der Waals surface area contributed by atoms with Crippen molar-refractivity contribution >= 4 is 22.9 Å². The molecule has 1 aromatic heterocycles.